The summed E-state index contributed by atoms with van der Waals surface area (Å²) in [5.74, 6) is -0.0146. The summed E-state index contributed by atoms with van der Waals surface area (Å²) >= 11 is 0. The highest BCUT2D eigenvalue weighted by atomic mass is 16.7. The van der Waals surface area contributed by atoms with Gasteiger partial charge in [-0.2, -0.15) is 0 Å². The summed E-state index contributed by atoms with van der Waals surface area (Å²) in [5.41, 5.74) is 2.32. The monoisotopic (exact) mass is 452 g/mol. The molecular formula is C24H24N2O7. The molecule has 9 heteroatoms. The standard InChI is InChI=1S/C24H24N2O7/c27-13-19-20(28)21(29)22(30)24(33-19)32-16-8-9-18(17(11-16)15-7-4-10-25-12-15)26-23(31)14-5-2-1-3-6-14/h1-12,19-22,24,27-30H,13H2,(H,26,31). The molecule has 0 saturated carbocycles. The number of carbonyl (C=O) groups excluding carboxylic acids is 1. The Labute approximate surface area is 189 Å². The molecule has 0 bridgehead atoms. The molecule has 172 valence electrons. The number of aromatic nitrogens is 1. The van der Waals surface area contributed by atoms with Gasteiger partial charge in [-0.3, -0.25) is 9.78 Å². The summed E-state index contributed by atoms with van der Waals surface area (Å²) in [5, 5.41) is 42.5. The fraction of sp³-hybridized carbons (Fsp3) is 0.250. The van der Waals surface area contributed by atoms with Gasteiger partial charge in [0, 0.05) is 34.8 Å². The fourth-order valence-corrected chi connectivity index (χ4v) is 3.55. The number of anilines is 1. The topological polar surface area (TPSA) is 141 Å². The van der Waals surface area contributed by atoms with Crippen molar-refractivity contribution in [3.8, 4) is 16.9 Å². The van der Waals surface area contributed by atoms with Crippen LogP contribution in [0.5, 0.6) is 5.75 Å². The van der Waals surface area contributed by atoms with Gasteiger partial charge in [-0.25, -0.2) is 0 Å². The third-order valence-electron chi connectivity index (χ3n) is 5.35. The lowest BCUT2D eigenvalue weighted by Crippen LogP contribution is -2.60. The molecule has 1 fully saturated rings. The van der Waals surface area contributed by atoms with Crippen LogP contribution in [0.1, 0.15) is 10.4 Å². The molecule has 0 spiro atoms. The summed E-state index contributed by atoms with van der Waals surface area (Å²) in [6.45, 7) is -0.559. The van der Waals surface area contributed by atoms with E-state index in [2.05, 4.69) is 10.3 Å². The van der Waals surface area contributed by atoms with E-state index in [0.29, 0.717) is 22.4 Å². The van der Waals surface area contributed by atoms with Gasteiger partial charge < -0.3 is 35.2 Å². The molecule has 2 aromatic carbocycles. The van der Waals surface area contributed by atoms with E-state index in [9.17, 15) is 25.2 Å². The highest BCUT2D eigenvalue weighted by Crippen LogP contribution is 2.33. The summed E-state index contributed by atoms with van der Waals surface area (Å²) in [6.07, 6.45) is -3.73. The zero-order valence-electron chi connectivity index (χ0n) is 17.5. The number of nitrogens with zero attached hydrogens (tertiary/aromatic N) is 1. The predicted molar refractivity (Wildman–Crippen MR) is 118 cm³/mol. The van der Waals surface area contributed by atoms with Crippen LogP contribution in [-0.2, 0) is 4.74 Å². The van der Waals surface area contributed by atoms with E-state index in [1.165, 1.54) is 0 Å². The first-order valence-electron chi connectivity index (χ1n) is 10.4. The molecule has 1 aliphatic heterocycles. The molecule has 1 saturated heterocycles. The molecule has 1 amide bonds. The van der Waals surface area contributed by atoms with Crippen LogP contribution in [0.4, 0.5) is 5.69 Å². The lowest BCUT2D eigenvalue weighted by molar-refractivity contribution is -0.277. The highest BCUT2D eigenvalue weighted by Gasteiger charge is 2.44. The van der Waals surface area contributed by atoms with Crippen molar-refractivity contribution < 1.29 is 34.7 Å². The van der Waals surface area contributed by atoms with Crippen molar-refractivity contribution in [1.29, 1.82) is 0 Å². The van der Waals surface area contributed by atoms with Crippen molar-refractivity contribution in [3.63, 3.8) is 0 Å². The quantitative estimate of drug-likeness (QED) is 0.375. The largest absolute Gasteiger partial charge is 0.462 e. The van der Waals surface area contributed by atoms with Crippen LogP contribution >= 0.6 is 0 Å². The number of aliphatic hydroxyl groups excluding tert-OH is 4. The van der Waals surface area contributed by atoms with Crippen molar-refractivity contribution in [2.75, 3.05) is 11.9 Å². The van der Waals surface area contributed by atoms with E-state index in [-0.39, 0.29) is 11.7 Å². The van der Waals surface area contributed by atoms with Gasteiger partial charge in [-0.15, -0.1) is 0 Å². The van der Waals surface area contributed by atoms with Gasteiger partial charge in [0.15, 0.2) is 0 Å². The molecule has 3 aromatic rings. The van der Waals surface area contributed by atoms with Crippen LogP contribution in [0, 0.1) is 0 Å². The molecule has 4 rings (SSSR count). The number of aliphatic hydroxyl groups is 4. The SMILES string of the molecule is O=C(Nc1ccc(OC2OC(CO)C(O)C(O)C2O)cc1-c1cccnc1)c1ccccc1. The molecule has 5 atom stereocenters. The Bertz CT molecular complexity index is 1080. The molecule has 5 N–H and O–H groups in total. The number of carbonyl (C=O) groups is 1. The van der Waals surface area contributed by atoms with Crippen LogP contribution in [0.2, 0.25) is 0 Å². The van der Waals surface area contributed by atoms with E-state index in [0.717, 1.165) is 0 Å². The zero-order chi connectivity index (χ0) is 23.4. The van der Waals surface area contributed by atoms with Crippen LogP contribution < -0.4 is 10.1 Å². The Balaban J connectivity index is 1.62. The average Bonchev–Trinajstić information content (AvgIpc) is 2.86. The van der Waals surface area contributed by atoms with Crippen LogP contribution in [0.15, 0.2) is 73.1 Å². The maximum absolute atomic E-state index is 12.7. The van der Waals surface area contributed by atoms with Gasteiger partial charge in [0.2, 0.25) is 6.29 Å². The number of hydrogen-bond acceptors (Lipinski definition) is 8. The molecule has 9 nitrogen and oxygen atoms in total. The van der Waals surface area contributed by atoms with Gasteiger partial charge >= 0.3 is 0 Å². The fourth-order valence-electron chi connectivity index (χ4n) is 3.55. The normalized spacial score (nSPS) is 24.8. The Morgan fingerprint density at radius 3 is 2.48 bits per heavy atom. The summed E-state index contributed by atoms with van der Waals surface area (Å²) < 4.78 is 11.2. The average molecular weight is 452 g/mol. The number of benzene rings is 2. The zero-order valence-corrected chi connectivity index (χ0v) is 17.5. The lowest BCUT2D eigenvalue weighted by atomic mass is 9.99. The van der Waals surface area contributed by atoms with Crippen LogP contribution in [0.3, 0.4) is 0 Å². The summed E-state index contributed by atoms with van der Waals surface area (Å²) in [6, 6.07) is 17.2. The number of rotatable bonds is 6. The molecule has 1 aromatic heterocycles. The third-order valence-corrected chi connectivity index (χ3v) is 5.35. The van der Waals surface area contributed by atoms with E-state index in [4.69, 9.17) is 9.47 Å². The Morgan fingerprint density at radius 1 is 1.00 bits per heavy atom. The maximum atomic E-state index is 12.7. The van der Waals surface area contributed by atoms with Crippen molar-refractivity contribution >= 4 is 11.6 Å². The van der Waals surface area contributed by atoms with E-state index >= 15 is 0 Å². The van der Waals surface area contributed by atoms with Crippen molar-refractivity contribution in [2.24, 2.45) is 0 Å². The Kier molecular flexibility index (Phi) is 6.97. The predicted octanol–water partition coefficient (Wildman–Crippen LogP) is 1.18. The van der Waals surface area contributed by atoms with Crippen LogP contribution in [-0.4, -0.2) is 68.6 Å². The number of amides is 1. The van der Waals surface area contributed by atoms with E-state index < -0.39 is 37.3 Å². The van der Waals surface area contributed by atoms with Gasteiger partial charge in [-0.1, -0.05) is 24.3 Å². The molecule has 33 heavy (non-hydrogen) atoms. The maximum Gasteiger partial charge on any atom is 0.255 e. The molecule has 0 aliphatic carbocycles. The van der Waals surface area contributed by atoms with Gasteiger partial charge in [0.05, 0.1) is 6.61 Å². The van der Waals surface area contributed by atoms with E-state index in [1.807, 2.05) is 12.1 Å². The smallest absolute Gasteiger partial charge is 0.255 e. The van der Waals surface area contributed by atoms with Crippen molar-refractivity contribution in [2.45, 2.75) is 30.7 Å². The number of nitrogens with one attached hydrogen (secondary N) is 1. The first-order chi connectivity index (χ1) is 16.0. The van der Waals surface area contributed by atoms with Crippen LogP contribution in [0.25, 0.3) is 11.1 Å². The highest BCUT2D eigenvalue weighted by molar-refractivity contribution is 6.06. The second kappa shape index (κ2) is 10.1. The number of pyridine rings is 1. The Hall–Kier alpha value is -3.34. The molecule has 1 aliphatic rings. The van der Waals surface area contributed by atoms with Gasteiger partial charge in [0.1, 0.15) is 30.2 Å². The van der Waals surface area contributed by atoms with Gasteiger partial charge in [0.25, 0.3) is 5.91 Å². The molecular weight excluding hydrogens is 428 g/mol. The molecule has 0 radical (unpaired) electrons. The number of hydrogen-bond donors (Lipinski definition) is 5. The molecule has 2 heterocycles. The van der Waals surface area contributed by atoms with Gasteiger partial charge in [-0.05, 0) is 36.4 Å². The second-order valence-corrected chi connectivity index (χ2v) is 7.58. The Morgan fingerprint density at radius 2 is 1.79 bits per heavy atom. The second-order valence-electron chi connectivity index (χ2n) is 7.58. The minimum absolute atomic E-state index is 0.274. The van der Waals surface area contributed by atoms with Crippen molar-refractivity contribution in [1.82, 2.24) is 4.98 Å². The number of ether oxygens (including phenoxy) is 2. The summed E-state index contributed by atoms with van der Waals surface area (Å²) in [4.78, 5) is 16.8. The first-order valence-corrected chi connectivity index (χ1v) is 10.4. The van der Waals surface area contributed by atoms with E-state index in [1.54, 1.807) is 60.9 Å². The minimum atomic E-state index is -1.55. The summed E-state index contributed by atoms with van der Waals surface area (Å²) in [7, 11) is 0. The van der Waals surface area contributed by atoms with Crippen molar-refractivity contribution in [3.05, 3.63) is 78.6 Å². The lowest BCUT2D eigenvalue weighted by Gasteiger charge is -2.39. The first kappa shape index (κ1) is 22.8. The minimum Gasteiger partial charge on any atom is -0.462 e. The molecule has 5 unspecified atom stereocenters. The third kappa shape index (κ3) is 5.03.